The van der Waals surface area contributed by atoms with Crippen LogP contribution in [0.25, 0.3) is 0 Å². The van der Waals surface area contributed by atoms with Crippen LogP contribution in [0.3, 0.4) is 0 Å². The maximum atomic E-state index is 14.0. The van der Waals surface area contributed by atoms with E-state index in [0.717, 1.165) is 19.3 Å². The van der Waals surface area contributed by atoms with Crippen molar-refractivity contribution in [2.45, 2.75) is 31.2 Å². The molecule has 2 heterocycles. The van der Waals surface area contributed by atoms with Gasteiger partial charge in [0.25, 0.3) is 5.89 Å². The summed E-state index contributed by atoms with van der Waals surface area (Å²) in [6.07, 6.45) is 3.06. The van der Waals surface area contributed by atoms with E-state index in [1.54, 1.807) is 12.1 Å². The van der Waals surface area contributed by atoms with Crippen molar-refractivity contribution in [1.82, 2.24) is 15.5 Å². The molecule has 24 heavy (non-hydrogen) atoms. The average Bonchev–Trinajstić information content (AvgIpc) is 3.27. The topological polar surface area (TPSA) is 68.0 Å². The van der Waals surface area contributed by atoms with Crippen LogP contribution in [0.2, 0.25) is 5.02 Å². The van der Waals surface area contributed by atoms with Crippen molar-refractivity contribution in [3.8, 4) is 0 Å². The largest absolute Gasteiger partial charge is 0.341 e. The molecule has 1 amide bonds. The summed E-state index contributed by atoms with van der Waals surface area (Å²) in [5, 5.41) is 7.18. The smallest absolute Gasteiger partial charge is 0.252 e. The molecule has 2 aromatic rings. The lowest BCUT2D eigenvalue weighted by Gasteiger charge is -2.28. The number of carbonyl (C=O) groups is 1. The highest BCUT2D eigenvalue weighted by Crippen LogP contribution is 2.61. The van der Waals surface area contributed by atoms with Crippen molar-refractivity contribution < 1.29 is 13.7 Å². The van der Waals surface area contributed by atoms with Crippen LogP contribution >= 0.6 is 11.6 Å². The van der Waals surface area contributed by atoms with Crippen molar-refractivity contribution in [3.63, 3.8) is 0 Å². The standard InChI is InChI=1S/C17H15ClFN3O2/c18-12-3-1-2-9(14(12)19)6-13-20-16(24-22-13)17-7-8-4-10(11(17)5-8)15(23)21-17/h1-3,8,10-11H,4-7H2,(H,21,23). The van der Waals surface area contributed by atoms with E-state index < -0.39 is 11.4 Å². The molecule has 0 radical (unpaired) electrons. The molecule has 3 aliphatic rings. The van der Waals surface area contributed by atoms with Gasteiger partial charge >= 0.3 is 0 Å². The highest BCUT2D eigenvalue weighted by Gasteiger charge is 2.66. The number of amides is 1. The van der Waals surface area contributed by atoms with Gasteiger partial charge in [-0.2, -0.15) is 4.98 Å². The highest BCUT2D eigenvalue weighted by molar-refractivity contribution is 6.30. The van der Waals surface area contributed by atoms with Crippen molar-refractivity contribution in [2.75, 3.05) is 0 Å². The van der Waals surface area contributed by atoms with Crippen molar-refractivity contribution in [2.24, 2.45) is 17.8 Å². The third-order valence-corrected chi connectivity index (χ3v) is 6.11. The summed E-state index contributed by atoms with van der Waals surface area (Å²) in [5.41, 5.74) is -0.0865. The summed E-state index contributed by atoms with van der Waals surface area (Å²) in [6, 6.07) is 4.85. The van der Waals surface area contributed by atoms with Crippen molar-refractivity contribution >= 4 is 17.5 Å². The normalized spacial score (nSPS) is 33.2. The number of hydrogen-bond acceptors (Lipinski definition) is 4. The highest BCUT2D eigenvalue weighted by atomic mass is 35.5. The minimum Gasteiger partial charge on any atom is -0.341 e. The van der Waals surface area contributed by atoms with Crippen LogP contribution in [0.15, 0.2) is 22.7 Å². The van der Waals surface area contributed by atoms with E-state index in [1.807, 2.05) is 0 Å². The van der Waals surface area contributed by atoms with E-state index in [2.05, 4.69) is 15.5 Å². The van der Waals surface area contributed by atoms with E-state index in [-0.39, 0.29) is 29.2 Å². The van der Waals surface area contributed by atoms with Gasteiger partial charge in [0, 0.05) is 18.3 Å². The fraction of sp³-hybridized carbons (Fsp3) is 0.471. The molecule has 4 atom stereocenters. The first-order valence-electron chi connectivity index (χ1n) is 8.15. The third-order valence-electron chi connectivity index (χ3n) is 5.82. The van der Waals surface area contributed by atoms with E-state index in [0.29, 0.717) is 23.2 Å². The van der Waals surface area contributed by atoms with Gasteiger partial charge in [-0.1, -0.05) is 28.9 Å². The summed E-state index contributed by atoms with van der Waals surface area (Å²) < 4.78 is 19.5. The Labute approximate surface area is 142 Å². The number of rotatable bonds is 3. The molecule has 1 N–H and O–H groups in total. The Balaban J connectivity index is 1.46. The second-order valence-electron chi connectivity index (χ2n) is 7.12. The van der Waals surface area contributed by atoms with Crippen LogP contribution < -0.4 is 5.32 Å². The monoisotopic (exact) mass is 347 g/mol. The summed E-state index contributed by atoms with van der Waals surface area (Å²) in [4.78, 5) is 16.7. The predicted molar refractivity (Wildman–Crippen MR) is 82.7 cm³/mol. The Morgan fingerprint density at radius 2 is 2.29 bits per heavy atom. The summed E-state index contributed by atoms with van der Waals surface area (Å²) in [5.74, 6) is 1.36. The fourth-order valence-electron chi connectivity index (χ4n) is 4.87. The Morgan fingerprint density at radius 3 is 3.12 bits per heavy atom. The Morgan fingerprint density at radius 1 is 1.42 bits per heavy atom. The van der Waals surface area contributed by atoms with Gasteiger partial charge in [-0.3, -0.25) is 4.79 Å². The van der Waals surface area contributed by atoms with E-state index in [9.17, 15) is 9.18 Å². The zero-order valence-electron chi connectivity index (χ0n) is 12.8. The molecule has 2 bridgehead atoms. The van der Waals surface area contributed by atoms with E-state index >= 15 is 0 Å². The number of aromatic nitrogens is 2. The lowest BCUT2D eigenvalue weighted by atomic mass is 9.79. The van der Waals surface area contributed by atoms with Crippen LogP contribution in [-0.2, 0) is 16.8 Å². The maximum Gasteiger partial charge on any atom is 0.252 e. The first-order valence-corrected chi connectivity index (χ1v) is 8.52. The van der Waals surface area contributed by atoms with Crippen LogP contribution in [0.4, 0.5) is 4.39 Å². The van der Waals surface area contributed by atoms with Crippen LogP contribution in [0.1, 0.15) is 36.5 Å². The predicted octanol–water partition coefficient (Wildman–Crippen LogP) is 2.82. The van der Waals surface area contributed by atoms with E-state index in [4.69, 9.17) is 16.1 Å². The number of fused-ring (bicyclic) bond motifs is 1. The molecular weight excluding hydrogens is 333 g/mol. The molecule has 0 spiro atoms. The number of benzene rings is 1. The quantitative estimate of drug-likeness (QED) is 0.927. The molecule has 7 heteroatoms. The first-order chi connectivity index (χ1) is 11.6. The maximum absolute atomic E-state index is 14.0. The second-order valence-corrected chi connectivity index (χ2v) is 7.53. The molecule has 2 aliphatic carbocycles. The molecular formula is C17H15ClFN3O2. The van der Waals surface area contributed by atoms with Crippen LogP contribution in [0.5, 0.6) is 0 Å². The summed E-state index contributed by atoms with van der Waals surface area (Å²) >= 11 is 5.81. The van der Waals surface area contributed by atoms with Gasteiger partial charge in [0.1, 0.15) is 11.4 Å². The molecule has 124 valence electrons. The molecule has 4 unspecified atom stereocenters. The van der Waals surface area contributed by atoms with E-state index in [1.165, 1.54) is 6.07 Å². The molecule has 5 nitrogen and oxygen atoms in total. The molecule has 1 aromatic heterocycles. The summed E-state index contributed by atoms with van der Waals surface area (Å²) in [6.45, 7) is 0. The number of nitrogens with one attached hydrogen (secondary N) is 1. The zero-order chi connectivity index (χ0) is 16.5. The number of carbonyl (C=O) groups excluding carboxylic acids is 1. The molecule has 1 aromatic carbocycles. The molecule has 5 rings (SSSR count). The van der Waals surface area contributed by atoms with Crippen molar-refractivity contribution in [1.29, 1.82) is 0 Å². The van der Waals surface area contributed by atoms with Crippen LogP contribution in [-0.4, -0.2) is 16.0 Å². The zero-order valence-corrected chi connectivity index (χ0v) is 13.5. The SMILES string of the molecule is O=C1NC2(c3nc(Cc4cccc(Cl)c4F)no3)CC3CC1C2C3. The van der Waals surface area contributed by atoms with Crippen LogP contribution in [0, 0.1) is 23.6 Å². The van der Waals surface area contributed by atoms with Gasteiger partial charge < -0.3 is 9.84 Å². The molecule has 3 fully saturated rings. The fourth-order valence-corrected chi connectivity index (χ4v) is 5.06. The lowest BCUT2D eigenvalue weighted by molar-refractivity contribution is -0.122. The van der Waals surface area contributed by atoms with Gasteiger partial charge in [-0.25, -0.2) is 4.39 Å². The second kappa shape index (κ2) is 4.79. The number of halogens is 2. The number of hydrogen-bond donors (Lipinski definition) is 1. The average molecular weight is 348 g/mol. The Hall–Kier alpha value is -1.95. The van der Waals surface area contributed by atoms with Crippen molar-refractivity contribution in [3.05, 3.63) is 46.3 Å². The van der Waals surface area contributed by atoms with Gasteiger partial charge in [-0.05, 0) is 36.8 Å². The van der Waals surface area contributed by atoms with Gasteiger partial charge in [-0.15, -0.1) is 0 Å². The van der Waals surface area contributed by atoms with Gasteiger partial charge in [0.15, 0.2) is 5.82 Å². The van der Waals surface area contributed by atoms with Gasteiger partial charge in [0.05, 0.1) is 5.02 Å². The minimum atomic E-state index is -0.511. The Kier molecular flexibility index (Phi) is 2.87. The lowest BCUT2D eigenvalue weighted by Crippen LogP contribution is -2.41. The first kappa shape index (κ1) is 14.4. The Bertz CT molecular complexity index is 854. The molecule has 1 aliphatic heterocycles. The number of nitrogens with zero attached hydrogens (tertiary/aromatic N) is 2. The molecule has 1 saturated heterocycles. The third kappa shape index (κ3) is 1.83. The summed E-state index contributed by atoms with van der Waals surface area (Å²) in [7, 11) is 0. The molecule has 2 saturated carbocycles. The minimum absolute atomic E-state index is 0.0736. The van der Waals surface area contributed by atoms with Gasteiger partial charge in [0.2, 0.25) is 5.91 Å².